The second kappa shape index (κ2) is 17.9. The molecule has 11 atom stereocenters. The molecule has 9 aliphatic rings. The van der Waals surface area contributed by atoms with Gasteiger partial charge in [0, 0.05) is 47.6 Å². The summed E-state index contributed by atoms with van der Waals surface area (Å²) >= 11 is 0. The van der Waals surface area contributed by atoms with Gasteiger partial charge in [-0.2, -0.15) is 0 Å². The van der Waals surface area contributed by atoms with Gasteiger partial charge in [0.05, 0.1) is 0 Å². The Morgan fingerprint density at radius 1 is 0.597 bits per heavy atom. The molecule has 2 heterocycles. The third-order valence-corrected chi connectivity index (χ3v) is 15.5. The summed E-state index contributed by atoms with van der Waals surface area (Å²) in [5.74, 6) is 6.33. The predicted octanol–water partition coefficient (Wildman–Crippen LogP) is 13.2. The first-order valence-corrected chi connectivity index (χ1v) is 24.2. The Labute approximate surface area is 370 Å². The van der Waals surface area contributed by atoms with E-state index in [9.17, 15) is 0 Å². The predicted molar refractivity (Wildman–Crippen MR) is 255 cm³/mol. The largest absolute Gasteiger partial charge is 0.303 e. The fraction of sp³-hybridized carbons (Fsp3) is 0.397. The van der Waals surface area contributed by atoms with E-state index in [0.29, 0.717) is 47.5 Å². The van der Waals surface area contributed by atoms with E-state index in [1.54, 1.807) is 5.57 Å². The Morgan fingerprint density at radius 2 is 1.48 bits per heavy atom. The van der Waals surface area contributed by atoms with E-state index in [2.05, 4.69) is 163 Å². The van der Waals surface area contributed by atoms with Crippen molar-refractivity contribution in [2.75, 3.05) is 0 Å². The van der Waals surface area contributed by atoms with Crippen molar-refractivity contribution in [2.45, 2.75) is 107 Å². The fourth-order valence-corrected chi connectivity index (χ4v) is 11.9. The zero-order chi connectivity index (χ0) is 41.2. The minimum Gasteiger partial charge on any atom is -0.303 e. The number of nitrogens with one attached hydrogen (secondary N) is 1. The quantitative estimate of drug-likeness (QED) is 0.270. The molecule has 0 radical (unpaired) electrons. The molecule has 0 saturated heterocycles. The molecular formula is C58H62N4. The molecule has 1 aliphatic heterocycles. The second-order valence-corrected chi connectivity index (χ2v) is 19.4. The molecule has 1 aromatic carbocycles. The van der Waals surface area contributed by atoms with Crippen LogP contribution in [0.2, 0.25) is 0 Å². The Morgan fingerprint density at radius 3 is 2.34 bits per heavy atom. The number of allylic oxidation sites excluding steroid dienone is 21. The summed E-state index contributed by atoms with van der Waals surface area (Å²) in [7, 11) is 0. The summed E-state index contributed by atoms with van der Waals surface area (Å²) < 4.78 is 0. The summed E-state index contributed by atoms with van der Waals surface area (Å²) in [4.78, 5) is 16.2. The molecule has 1 N–H and O–H groups in total. The zero-order valence-electron chi connectivity index (χ0n) is 36.2. The molecule has 11 rings (SSSR count). The molecule has 4 heteroatoms. The average Bonchev–Trinajstić information content (AvgIpc) is 3.36. The highest BCUT2D eigenvalue weighted by molar-refractivity contribution is 5.64. The van der Waals surface area contributed by atoms with Crippen LogP contribution in [0.4, 0.5) is 0 Å². The molecule has 314 valence electrons. The van der Waals surface area contributed by atoms with E-state index < -0.39 is 0 Å². The van der Waals surface area contributed by atoms with Crippen molar-refractivity contribution in [1.29, 1.82) is 0 Å². The van der Waals surface area contributed by atoms with Gasteiger partial charge in [0.1, 0.15) is 11.6 Å². The van der Waals surface area contributed by atoms with Gasteiger partial charge in [-0.1, -0.05) is 164 Å². The van der Waals surface area contributed by atoms with Crippen molar-refractivity contribution in [2.24, 2.45) is 35.5 Å². The molecule has 0 spiro atoms. The third-order valence-electron chi connectivity index (χ3n) is 15.5. The lowest BCUT2D eigenvalue weighted by Gasteiger charge is -2.42. The Bertz CT molecular complexity index is 2420. The molecule has 0 fully saturated rings. The van der Waals surface area contributed by atoms with Gasteiger partial charge in [-0.25, -0.2) is 15.0 Å². The van der Waals surface area contributed by atoms with Crippen LogP contribution in [0.25, 0.3) is 5.57 Å². The number of hydrogen-bond donors (Lipinski definition) is 1. The highest BCUT2D eigenvalue weighted by Crippen LogP contribution is 2.43. The summed E-state index contributed by atoms with van der Waals surface area (Å²) in [5.41, 5.74) is 8.64. The van der Waals surface area contributed by atoms with Crippen LogP contribution < -0.4 is 5.32 Å². The van der Waals surface area contributed by atoms with Crippen LogP contribution in [0, 0.1) is 35.5 Å². The van der Waals surface area contributed by atoms with Gasteiger partial charge in [-0.05, 0) is 123 Å². The smallest absolute Gasteiger partial charge is 0.159 e. The third kappa shape index (κ3) is 8.36. The number of fused-ring (bicyclic) bond motifs is 2. The van der Waals surface area contributed by atoms with Crippen LogP contribution in [0.3, 0.4) is 0 Å². The topological polar surface area (TPSA) is 50.7 Å². The first-order valence-electron chi connectivity index (χ1n) is 24.2. The Balaban J connectivity index is 0.898. The monoisotopic (exact) mass is 814 g/mol. The van der Waals surface area contributed by atoms with E-state index in [-0.39, 0.29) is 17.9 Å². The number of benzene rings is 1. The van der Waals surface area contributed by atoms with Crippen LogP contribution in [0.15, 0.2) is 180 Å². The maximum absolute atomic E-state index is 5.46. The number of hydrogen-bond acceptors (Lipinski definition) is 4. The number of nitrogens with zero attached hydrogens (tertiary/aromatic N) is 3. The minimum absolute atomic E-state index is 0.197. The normalized spacial score (nSPS) is 34.7. The molecule has 11 unspecified atom stereocenters. The van der Waals surface area contributed by atoms with E-state index in [4.69, 9.17) is 15.0 Å². The van der Waals surface area contributed by atoms with Gasteiger partial charge in [0.25, 0.3) is 0 Å². The van der Waals surface area contributed by atoms with Gasteiger partial charge in [0.15, 0.2) is 5.82 Å². The van der Waals surface area contributed by atoms with Crippen molar-refractivity contribution >= 4 is 5.57 Å². The van der Waals surface area contributed by atoms with E-state index in [1.165, 1.54) is 47.1 Å². The highest BCUT2D eigenvalue weighted by Gasteiger charge is 2.39. The van der Waals surface area contributed by atoms with Crippen molar-refractivity contribution in [3.05, 3.63) is 203 Å². The minimum atomic E-state index is 0.197. The van der Waals surface area contributed by atoms with Crippen molar-refractivity contribution in [3.63, 3.8) is 0 Å². The van der Waals surface area contributed by atoms with Gasteiger partial charge in [-0.3, -0.25) is 0 Å². The summed E-state index contributed by atoms with van der Waals surface area (Å²) in [6.45, 7) is 0. The van der Waals surface area contributed by atoms with Crippen LogP contribution in [-0.2, 0) is 0 Å². The van der Waals surface area contributed by atoms with Crippen LogP contribution >= 0.6 is 0 Å². The van der Waals surface area contributed by atoms with Gasteiger partial charge >= 0.3 is 0 Å². The standard InChI is InChI=1S/C58H62N4/c1-3-12-39(13-4-1)43-22-28-45(29-23-43)56-60-57(46-30-24-44(25-31-46)40-14-5-2-6-15-40)62-58(61-56)52-21-11-20-49(38-52)53-34-35-54(50-32-26-41-16-7-9-18-47(41)36-50)59-55(53)51-33-27-42-17-8-10-19-48(42)37-51/h1,3-5,7-8,10-14,16-17,19-20,22,24,26-28,30,33-37,40,42-43,45,48-50,52-55,59H,2,6,9,15,18,21,23,25,29,31-32,38H2. The first kappa shape index (κ1) is 39.6. The van der Waals surface area contributed by atoms with Crippen molar-refractivity contribution in [3.8, 4) is 0 Å². The van der Waals surface area contributed by atoms with Gasteiger partial charge < -0.3 is 5.32 Å². The Kier molecular flexibility index (Phi) is 11.4. The van der Waals surface area contributed by atoms with Crippen LogP contribution in [-0.4, -0.2) is 27.0 Å². The lowest BCUT2D eigenvalue weighted by Crippen LogP contribution is -2.51. The summed E-state index contributed by atoms with van der Waals surface area (Å²) in [6, 6.07) is 11.5. The highest BCUT2D eigenvalue weighted by atomic mass is 15.0. The lowest BCUT2D eigenvalue weighted by atomic mass is 9.70. The van der Waals surface area contributed by atoms with Crippen LogP contribution in [0.5, 0.6) is 0 Å². The number of rotatable bonds is 8. The maximum Gasteiger partial charge on any atom is 0.159 e. The van der Waals surface area contributed by atoms with Crippen molar-refractivity contribution in [1.82, 2.24) is 20.3 Å². The SMILES string of the molecule is C1=CC2C=CC(C3NC(C4C=C5CCC=CC5=CC4)C=CC3C3C=CCC(c4nc(C5=CC=C(C6C=CCCC6)CC5)nc(C5C=CC(c6ccccc6)CC5)n4)C3)=CC2C=C1. The molecule has 1 aromatic heterocycles. The molecule has 4 nitrogen and oxygen atoms in total. The summed E-state index contributed by atoms with van der Waals surface area (Å²) in [5, 5.41) is 4.29. The Hall–Kier alpha value is -5.19. The van der Waals surface area contributed by atoms with Gasteiger partial charge in [-0.15, -0.1) is 0 Å². The lowest BCUT2D eigenvalue weighted by molar-refractivity contribution is 0.285. The number of aromatic nitrogens is 3. The van der Waals surface area contributed by atoms with Crippen LogP contribution in [0.1, 0.15) is 118 Å². The summed E-state index contributed by atoms with van der Waals surface area (Å²) in [6.07, 6.45) is 64.2. The van der Waals surface area contributed by atoms with Crippen molar-refractivity contribution < 1.29 is 0 Å². The molecule has 0 bridgehead atoms. The molecular weight excluding hydrogens is 753 g/mol. The molecule has 8 aliphatic carbocycles. The van der Waals surface area contributed by atoms with Gasteiger partial charge in [0.2, 0.25) is 0 Å². The molecule has 0 amide bonds. The molecule has 0 saturated carbocycles. The molecule has 2 aromatic rings. The van der Waals surface area contributed by atoms with E-state index in [0.717, 1.165) is 75.3 Å². The maximum atomic E-state index is 5.46. The zero-order valence-corrected chi connectivity index (χ0v) is 36.2. The first-order chi connectivity index (χ1) is 30.7. The fourth-order valence-electron chi connectivity index (χ4n) is 11.9. The van der Waals surface area contributed by atoms with E-state index in [1.807, 2.05) is 0 Å². The molecule has 62 heavy (non-hydrogen) atoms. The second-order valence-electron chi connectivity index (χ2n) is 19.4. The average molecular weight is 815 g/mol. The van der Waals surface area contributed by atoms with E-state index >= 15 is 0 Å².